The van der Waals surface area contributed by atoms with Gasteiger partial charge in [0.15, 0.2) is 5.78 Å². The molecule has 0 saturated heterocycles. The minimum absolute atomic E-state index is 0.0671. The van der Waals surface area contributed by atoms with Crippen LogP contribution in [-0.2, 0) is 6.42 Å². The van der Waals surface area contributed by atoms with Crippen LogP contribution in [-0.4, -0.2) is 18.4 Å². The van der Waals surface area contributed by atoms with E-state index in [0.717, 1.165) is 17.7 Å². The Hall–Kier alpha value is -2.62. The number of carbonyl (C=O) groups excluding carboxylic acids is 2. The van der Waals surface area contributed by atoms with Crippen LogP contribution in [0.1, 0.15) is 33.2 Å². The van der Waals surface area contributed by atoms with Gasteiger partial charge in [-0.3, -0.25) is 4.79 Å². The summed E-state index contributed by atoms with van der Waals surface area (Å²) in [5, 5.41) is 0. The molecule has 2 aromatic carbocycles. The van der Waals surface area contributed by atoms with Crippen LogP contribution in [0.5, 0.6) is 11.5 Å². The summed E-state index contributed by atoms with van der Waals surface area (Å²) in [7, 11) is 0. The van der Waals surface area contributed by atoms with E-state index in [1.54, 1.807) is 42.5 Å². The van der Waals surface area contributed by atoms with E-state index in [4.69, 9.17) is 9.47 Å². The lowest BCUT2D eigenvalue weighted by Gasteiger charge is -2.06. The summed E-state index contributed by atoms with van der Waals surface area (Å²) in [6.07, 6.45) is 0.802. The maximum absolute atomic E-state index is 12.1. The molecule has 0 saturated carbocycles. The minimum atomic E-state index is -0.439. The van der Waals surface area contributed by atoms with Crippen LogP contribution in [0, 0.1) is 0 Å². The van der Waals surface area contributed by atoms with Gasteiger partial charge in [0.2, 0.25) is 0 Å². The van der Waals surface area contributed by atoms with Gasteiger partial charge >= 0.3 is 5.97 Å². The number of ketones is 1. The molecule has 1 aliphatic heterocycles. The van der Waals surface area contributed by atoms with Crippen molar-refractivity contribution in [3.05, 3.63) is 59.2 Å². The van der Waals surface area contributed by atoms with E-state index < -0.39 is 5.97 Å². The molecule has 0 aromatic heterocycles. The molecule has 1 heterocycles. The first-order chi connectivity index (χ1) is 10.1. The van der Waals surface area contributed by atoms with Gasteiger partial charge in [-0.05, 0) is 42.8 Å². The van der Waals surface area contributed by atoms with Gasteiger partial charge in [0.1, 0.15) is 11.5 Å². The maximum atomic E-state index is 12.1. The fraction of sp³-hybridized carbons (Fsp3) is 0.176. The van der Waals surface area contributed by atoms with E-state index >= 15 is 0 Å². The summed E-state index contributed by atoms with van der Waals surface area (Å²) < 4.78 is 10.7. The fourth-order valence-electron chi connectivity index (χ4n) is 2.26. The zero-order chi connectivity index (χ0) is 14.8. The van der Waals surface area contributed by atoms with E-state index in [1.165, 1.54) is 6.92 Å². The topological polar surface area (TPSA) is 52.6 Å². The van der Waals surface area contributed by atoms with E-state index in [-0.39, 0.29) is 5.78 Å². The van der Waals surface area contributed by atoms with Crippen LogP contribution >= 0.6 is 0 Å². The highest BCUT2D eigenvalue weighted by molar-refractivity contribution is 5.95. The SMILES string of the molecule is CC(=O)c1cccc(OC(=O)c2ccc3c(c2)CCO3)c1. The van der Waals surface area contributed by atoms with Crippen molar-refractivity contribution in [2.45, 2.75) is 13.3 Å². The van der Waals surface area contributed by atoms with Gasteiger partial charge in [-0.25, -0.2) is 4.79 Å². The Morgan fingerprint density at radius 2 is 1.95 bits per heavy atom. The second-order valence-electron chi connectivity index (χ2n) is 4.89. The zero-order valence-electron chi connectivity index (χ0n) is 11.6. The van der Waals surface area contributed by atoms with Gasteiger partial charge in [0, 0.05) is 12.0 Å². The fourth-order valence-corrected chi connectivity index (χ4v) is 2.26. The number of rotatable bonds is 3. The Morgan fingerprint density at radius 3 is 2.76 bits per heavy atom. The smallest absolute Gasteiger partial charge is 0.343 e. The molecular formula is C17H14O4. The van der Waals surface area contributed by atoms with Crippen molar-refractivity contribution < 1.29 is 19.1 Å². The van der Waals surface area contributed by atoms with Crippen molar-refractivity contribution in [2.24, 2.45) is 0 Å². The lowest BCUT2D eigenvalue weighted by atomic mass is 10.1. The highest BCUT2D eigenvalue weighted by Gasteiger charge is 2.16. The van der Waals surface area contributed by atoms with Crippen molar-refractivity contribution >= 4 is 11.8 Å². The van der Waals surface area contributed by atoms with Gasteiger partial charge in [-0.2, -0.15) is 0 Å². The number of hydrogen-bond donors (Lipinski definition) is 0. The quantitative estimate of drug-likeness (QED) is 0.493. The molecule has 4 heteroatoms. The molecule has 0 aliphatic carbocycles. The molecule has 106 valence electrons. The third-order valence-electron chi connectivity index (χ3n) is 3.38. The first-order valence-electron chi connectivity index (χ1n) is 6.72. The molecule has 0 spiro atoms. The molecule has 0 radical (unpaired) electrons. The number of benzene rings is 2. The Balaban J connectivity index is 1.80. The number of ether oxygens (including phenoxy) is 2. The van der Waals surface area contributed by atoms with Crippen LogP contribution in [0.4, 0.5) is 0 Å². The number of hydrogen-bond acceptors (Lipinski definition) is 4. The van der Waals surface area contributed by atoms with Gasteiger partial charge < -0.3 is 9.47 Å². The average Bonchev–Trinajstić information content (AvgIpc) is 2.94. The molecule has 2 aromatic rings. The Morgan fingerprint density at radius 1 is 1.10 bits per heavy atom. The summed E-state index contributed by atoms with van der Waals surface area (Å²) in [6.45, 7) is 2.12. The van der Waals surface area contributed by atoms with E-state index in [9.17, 15) is 9.59 Å². The molecule has 3 rings (SSSR count). The standard InChI is InChI=1S/C17H14O4/c1-11(18)12-3-2-4-15(10-12)21-17(19)14-5-6-16-13(9-14)7-8-20-16/h2-6,9-10H,7-8H2,1H3. The first kappa shape index (κ1) is 13.4. The van der Waals surface area contributed by atoms with Crippen LogP contribution in [0.25, 0.3) is 0 Å². The van der Waals surface area contributed by atoms with Gasteiger partial charge in [-0.1, -0.05) is 12.1 Å². The number of esters is 1. The van der Waals surface area contributed by atoms with Crippen molar-refractivity contribution in [3.63, 3.8) is 0 Å². The minimum Gasteiger partial charge on any atom is -0.493 e. The third-order valence-corrected chi connectivity index (χ3v) is 3.38. The zero-order valence-corrected chi connectivity index (χ0v) is 11.6. The molecule has 0 N–H and O–H groups in total. The van der Waals surface area contributed by atoms with Crippen LogP contribution in [0.3, 0.4) is 0 Å². The van der Waals surface area contributed by atoms with Crippen molar-refractivity contribution in [2.75, 3.05) is 6.61 Å². The van der Waals surface area contributed by atoms with Crippen molar-refractivity contribution in [1.82, 2.24) is 0 Å². The van der Waals surface area contributed by atoms with Crippen molar-refractivity contribution in [3.8, 4) is 11.5 Å². The molecular weight excluding hydrogens is 268 g/mol. The Kier molecular flexibility index (Phi) is 3.44. The summed E-state index contributed by atoms with van der Waals surface area (Å²) in [4.78, 5) is 23.5. The van der Waals surface area contributed by atoms with Gasteiger partial charge in [0.05, 0.1) is 12.2 Å². The van der Waals surface area contributed by atoms with E-state index in [2.05, 4.69) is 0 Å². The summed E-state index contributed by atoms with van der Waals surface area (Å²) in [6, 6.07) is 11.9. The number of Topliss-reactive ketones (excluding diaryl/α,β-unsaturated/α-hetero) is 1. The largest absolute Gasteiger partial charge is 0.493 e. The second-order valence-corrected chi connectivity index (χ2v) is 4.89. The van der Waals surface area contributed by atoms with Crippen molar-refractivity contribution in [1.29, 1.82) is 0 Å². The van der Waals surface area contributed by atoms with Gasteiger partial charge in [-0.15, -0.1) is 0 Å². The normalized spacial score (nSPS) is 12.4. The molecule has 0 amide bonds. The molecule has 1 aliphatic rings. The lowest BCUT2D eigenvalue weighted by molar-refractivity contribution is 0.0733. The molecule has 21 heavy (non-hydrogen) atoms. The van der Waals surface area contributed by atoms with Crippen LogP contribution in [0.15, 0.2) is 42.5 Å². The van der Waals surface area contributed by atoms with E-state index in [1.807, 2.05) is 0 Å². The average molecular weight is 282 g/mol. The molecule has 0 bridgehead atoms. The second kappa shape index (κ2) is 5.40. The molecule has 0 atom stereocenters. The Labute approximate surface area is 122 Å². The third kappa shape index (κ3) is 2.79. The highest BCUT2D eigenvalue weighted by Crippen LogP contribution is 2.26. The molecule has 0 fully saturated rings. The first-order valence-corrected chi connectivity index (χ1v) is 6.72. The molecule has 4 nitrogen and oxygen atoms in total. The van der Waals surface area contributed by atoms with E-state index in [0.29, 0.717) is 23.5 Å². The van der Waals surface area contributed by atoms with Crippen LogP contribution < -0.4 is 9.47 Å². The highest BCUT2D eigenvalue weighted by atomic mass is 16.5. The number of carbonyl (C=O) groups is 2. The Bertz CT molecular complexity index is 718. The monoisotopic (exact) mass is 282 g/mol. The van der Waals surface area contributed by atoms with Crippen LogP contribution in [0.2, 0.25) is 0 Å². The summed E-state index contributed by atoms with van der Waals surface area (Å²) in [5.74, 6) is 0.683. The molecule has 0 unspecified atom stereocenters. The predicted molar refractivity (Wildman–Crippen MR) is 77.0 cm³/mol. The predicted octanol–water partition coefficient (Wildman–Crippen LogP) is 3.04. The summed E-state index contributed by atoms with van der Waals surface area (Å²) in [5.41, 5.74) is 2.01. The maximum Gasteiger partial charge on any atom is 0.343 e. The van der Waals surface area contributed by atoms with Gasteiger partial charge in [0.25, 0.3) is 0 Å². The summed E-state index contributed by atoms with van der Waals surface area (Å²) >= 11 is 0. The number of fused-ring (bicyclic) bond motifs is 1. The lowest BCUT2D eigenvalue weighted by Crippen LogP contribution is -2.09.